The zero-order valence-electron chi connectivity index (χ0n) is 13.8. The number of carbonyl (C=O) groups excluding carboxylic acids is 1. The third kappa shape index (κ3) is 2.74. The van der Waals surface area contributed by atoms with Crippen LogP contribution in [0.15, 0.2) is 29.4 Å². The number of hydrogen-bond acceptors (Lipinski definition) is 3. The summed E-state index contributed by atoms with van der Waals surface area (Å²) in [4.78, 5) is 17.6. The van der Waals surface area contributed by atoms with Crippen LogP contribution in [0.1, 0.15) is 35.5 Å². The van der Waals surface area contributed by atoms with Crippen molar-refractivity contribution in [1.82, 2.24) is 14.3 Å². The van der Waals surface area contributed by atoms with Gasteiger partial charge in [-0.2, -0.15) is 10.1 Å². The standard InChI is InChI=1S/C17H20N4OS/c1-5-20-14-10-11(3)9-12(4)15(14)23-17(20)19-16(22)13-7-8-18-21(13)6-2/h7-10H,5-6H2,1-4H3. The van der Waals surface area contributed by atoms with E-state index in [1.165, 1.54) is 15.8 Å². The summed E-state index contributed by atoms with van der Waals surface area (Å²) < 4.78 is 4.96. The molecule has 0 spiro atoms. The Balaban J connectivity index is 2.19. The molecule has 0 aliphatic rings. The van der Waals surface area contributed by atoms with Crippen LogP contribution in [-0.2, 0) is 13.1 Å². The molecule has 3 rings (SSSR count). The van der Waals surface area contributed by atoms with E-state index >= 15 is 0 Å². The van der Waals surface area contributed by atoms with Crippen molar-refractivity contribution >= 4 is 27.5 Å². The van der Waals surface area contributed by atoms with Gasteiger partial charge in [-0.25, -0.2) is 0 Å². The molecule has 0 bridgehead atoms. The summed E-state index contributed by atoms with van der Waals surface area (Å²) in [6.45, 7) is 9.66. The first-order valence-electron chi connectivity index (χ1n) is 7.76. The van der Waals surface area contributed by atoms with Crippen molar-refractivity contribution in [3.8, 4) is 0 Å². The van der Waals surface area contributed by atoms with Crippen LogP contribution in [0, 0.1) is 13.8 Å². The van der Waals surface area contributed by atoms with Gasteiger partial charge in [-0.05, 0) is 51.0 Å². The van der Waals surface area contributed by atoms with E-state index < -0.39 is 0 Å². The maximum absolute atomic E-state index is 12.5. The number of amides is 1. The van der Waals surface area contributed by atoms with E-state index in [1.807, 2.05) is 6.92 Å². The van der Waals surface area contributed by atoms with Crippen LogP contribution in [0.25, 0.3) is 10.2 Å². The Bertz CT molecular complexity index is 945. The number of carbonyl (C=O) groups is 1. The molecule has 0 unspecified atom stereocenters. The molecule has 5 nitrogen and oxygen atoms in total. The first kappa shape index (κ1) is 15.7. The highest BCUT2D eigenvalue weighted by molar-refractivity contribution is 7.16. The molecule has 0 radical (unpaired) electrons. The summed E-state index contributed by atoms with van der Waals surface area (Å²) in [5.74, 6) is -0.243. The molecule has 0 saturated heterocycles. The first-order chi connectivity index (χ1) is 11.0. The third-order valence-electron chi connectivity index (χ3n) is 3.86. The Morgan fingerprint density at radius 1 is 1.26 bits per heavy atom. The number of nitrogens with zero attached hydrogens (tertiary/aromatic N) is 4. The zero-order chi connectivity index (χ0) is 16.6. The lowest BCUT2D eigenvalue weighted by Crippen LogP contribution is -2.17. The molecule has 1 aromatic carbocycles. The van der Waals surface area contributed by atoms with Crippen molar-refractivity contribution in [3.05, 3.63) is 46.0 Å². The third-order valence-corrected chi connectivity index (χ3v) is 5.09. The summed E-state index contributed by atoms with van der Waals surface area (Å²) in [5.41, 5.74) is 4.11. The van der Waals surface area contributed by atoms with Crippen molar-refractivity contribution < 1.29 is 4.79 Å². The number of benzene rings is 1. The second-order valence-corrected chi connectivity index (χ2v) is 6.49. The Labute approximate surface area is 138 Å². The van der Waals surface area contributed by atoms with Crippen molar-refractivity contribution in [3.63, 3.8) is 0 Å². The van der Waals surface area contributed by atoms with Gasteiger partial charge in [-0.15, -0.1) is 0 Å². The first-order valence-corrected chi connectivity index (χ1v) is 8.58. The lowest BCUT2D eigenvalue weighted by Gasteiger charge is -2.03. The molecule has 23 heavy (non-hydrogen) atoms. The van der Waals surface area contributed by atoms with Gasteiger partial charge in [0, 0.05) is 19.3 Å². The van der Waals surface area contributed by atoms with E-state index in [-0.39, 0.29) is 5.91 Å². The Kier molecular flexibility index (Phi) is 4.17. The van der Waals surface area contributed by atoms with E-state index in [4.69, 9.17) is 0 Å². The van der Waals surface area contributed by atoms with Crippen molar-refractivity contribution in [2.24, 2.45) is 4.99 Å². The number of aromatic nitrogens is 3. The largest absolute Gasteiger partial charge is 0.317 e. The highest BCUT2D eigenvalue weighted by Crippen LogP contribution is 2.23. The fourth-order valence-electron chi connectivity index (χ4n) is 2.81. The molecular weight excluding hydrogens is 308 g/mol. The minimum Gasteiger partial charge on any atom is -0.317 e. The molecular formula is C17H20N4OS. The van der Waals surface area contributed by atoms with E-state index in [0.29, 0.717) is 12.2 Å². The summed E-state index contributed by atoms with van der Waals surface area (Å²) in [6, 6.07) is 6.03. The van der Waals surface area contributed by atoms with E-state index in [9.17, 15) is 4.79 Å². The molecule has 2 aromatic heterocycles. The molecule has 0 aliphatic carbocycles. The quantitative estimate of drug-likeness (QED) is 0.741. The molecule has 120 valence electrons. The molecule has 0 fully saturated rings. The fourth-order valence-corrected chi connectivity index (χ4v) is 3.96. The van der Waals surface area contributed by atoms with Crippen LogP contribution in [0.3, 0.4) is 0 Å². The van der Waals surface area contributed by atoms with Gasteiger partial charge in [0.2, 0.25) is 0 Å². The Morgan fingerprint density at radius 2 is 2.04 bits per heavy atom. The molecule has 0 saturated carbocycles. The van der Waals surface area contributed by atoms with Crippen LogP contribution >= 0.6 is 11.3 Å². The second-order valence-electron chi connectivity index (χ2n) is 5.51. The Morgan fingerprint density at radius 3 is 2.74 bits per heavy atom. The van der Waals surface area contributed by atoms with Crippen LogP contribution in [-0.4, -0.2) is 20.3 Å². The van der Waals surface area contributed by atoms with Crippen molar-refractivity contribution in [1.29, 1.82) is 0 Å². The van der Waals surface area contributed by atoms with Crippen molar-refractivity contribution in [2.75, 3.05) is 0 Å². The van der Waals surface area contributed by atoms with Crippen LogP contribution < -0.4 is 4.80 Å². The second kappa shape index (κ2) is 6.12. The van der Waals surface area contributed by atoms with Gasteiger partial charge < -0.3 is 4.57 Å². The van der Waals surface area contributed by atoms with Crippen LogP contribution in [0.4, 0.5) is 0 Å². The van der Waals surface area contributed by atoms with Gasteiger partial charge >= 0.3 is 0 Å². The topological polar surface area (TPSA) is 52.2 Å². The maximum Gasteiger partial charge on any atom is 0.297 e. The summed E-state index contributed by atoms with van der Waals surface area (Å²) in [7, 11) is 0. The molecule has 0 N–H and O–H groups in total. The number of aryl methyl sites for hydroxylation is 4. The lowest BCUT2D eigenvalue weighted by molar-refractivity contribution is 0.0987. The minimum absolute atomic E-state index is 0.243. The number of rotatable bonds is 3. The molecule has 3 aromatic rings. The Hall–Kier alpha value is -2.21. The predicted molar refractivity (Wildman–Crippen MR) is 92.8 cm³/mol. The van der Waals surface area contributed by atoms with Gasteiger partial charge in [0.05, 0.1) is 10.2 Å². The van der Waals surface area contributed by atoms with Gasteiger partial charge in [0.1, 0.15) is 5.69 Å². The minimum atomic E-state index is -0.243. The molecule has 1 amide bonds. The molecule has 2 heterocycles. The number of hydrogen-bond donors (Lipinski definition) is 0. The summed E-state index contributed by atoms with van der Waals surface area (Å²) in [6.07, 6.45) is 1.64. The van der Waals surface area contributed by atoms with E-state index in [0.717, 1.165) is 16.9 Å². The average Bonchev–Trinajstić information content (AvgIpc) is 3.11. The van der Waals surface area contributed by atoms with Gasteiger partial charge in [0.25, 0.3) is 5.91 Å². The predicted octanol–water partition coefficient (Wildman–Crippen LogP) is 3.30. The highest BCUT2D eigenvalue weighted by atomic mass is 32.1. The molecule has 0 aliphatic heterocycles. The summed E-state index contributed by atoms with van der Waals surface area (Å²) >= 11 is 1.57. The normalized spacial score (nSPS) is 12.3. The van der Waals surface area contributed by atoms with E-state index in [2.05, 4.69) is 47.6 Å². The monoisotopic (exact) mass is 328 g/mol. The summed E-state index contributed by atoms with van der Waals surface area (Å²) in [5, 5.41) is 4.14. The van der Waals surface area contributed by atoms with Crippen molar-refractivity contribution in [2.45, 2.75) is 40.8 Å². The molecule has 0 atom stereocenters. The van der Waals surface area contributed by atoms with Gasteiger partial charge in [0.15, 0.2) is 4.80 Å². The smallest absolute Gasteiger partial charge is 0.297 e. The average molecular weight is 328 g/mol. The molecule has 6 heteroatoms. The van der Waals surface area contributed by atoms with Gasteiger partial charge in [-0.1, -0.05) is 17.4 Å². The zero-order valence-corrected chi connectivity index (χ0v) is 14.6. The highest BCUT2D eigenvalue weighted by Gasteiger charge is 2.13. The SMILES string of the molecule is CCn1nccc1C(=O)N=c1sc2c(C)cc(C)cc2n1CC. The number of thiazole rings is 1. The van der Waals surface area contributed by atoms with Crippen LogP contribution in [0.5, 0.6) is 0 Å². The van der Waals surface area contributed by atoms with Crippen LogP contribution in [0.2, 0.25) is 0 Å². The van der Waals surface area contributed by atoms with Gasteiger partial charge in [-0.3, -0.25) is 9.48 Å². The van der Waals surface area contributed by atoms with E-state index in [1.54, 1.807) is 28.3 Å². The number of fused-ring (bicyclic) bond motifs is 1. The lowest BCUT2D eigenvalue weighted by atomic mass is 10.1. The maximum atomic E-state index is 12.5. The fraction of sp³-hybridized carbons (Fsp3) is 0.353.